The van der Waals surface area contributed by atoms with Gasteiger partial charge in [0.1, 0.15) is 5.60 Å². The minimum absolute atomic E-state index is 0.00914. The average Bonchev–Trinajstić information content (AvgIpc) is 3.35. The molecule has 0 amide bonds. The molecule has 0 unspecified atom stereocenters. The van der Waals surface area contributed by atoms with E-state index in [2.05, 4.69) is 4.72 Å². The van der Waals surface area contributed by atoms with Gasteiger partial charge in [-0.25, -0.2) is 17.5 Å². The van der Waals surface area contributed by atoms with Crippen LogP contribution < -0.4 is 9.46 Å². The maximum absolute atomic E-state index is 14.0. The predicted octanol–water partition coefficient (Wildman–Crippen LogP) is 3.56. The zero-order chi connectivity index (χ0) is 19.5. The Balaban J connectivity index is 1.86. The summed E-state index contributed by atoms with van der Waals surface area (Å²) in [6, 6.07) is 10.5. The number of ether oxygens (including phenoxy) is 1. The highest BCUT2D eigenvalue weighted by molar-refractivity contribution is 7.89. The van der Waals surface area contributed by atoms with E-state index in [0.717, 1.165) is 6.07 Å². The molecule has 0 aliphatic carbocycles. The molecule has 2 N–H and O–H groups in total. The molecule has 3 rings (SSSR count). The molecule has 0 aliphatic heterocycles. The standard InChI is InChI=1S/C18H18FNO4S3/c1-2-24-15-8-7-13(11-14(15)19)27(22,23)20-12-18(21,16-5-3-9-25-16)17-6-4-10-26-17/h3-11,20-21H,2,12H2,1H3. The number of aliphatic hydroxyl groups is 1. The number of thiophene rings is 2. The first-order valence-corrected chi connectivity index (χ1v) is 11.3. The molecule has 1 aromatic carbocycles. The van der Waals surface area contributed by atoms with Gasteiger partial charge in [-0.05, 0) is 48.0 Å². The van der Waals surface area contributed by atoms with Crippen LogP contribution >= 0.6 is 22.7 Å². The van der Waals surface area contributed by atoms with Crippen LogP contribution in [0.2, 0.25) is 0 Å². The molecular formula is C18H18FNO4S3. The molecule has 3 aromatic rings. The minimum Gasteiger partial charge on any atom is -0.491 e. The molecule has 0 fully saturated rings. The Kier molecular flexibility index (Phi) is 5.97. The SMILES string of the molecule is CCOc1ccc(S(=O)(=O)NCC(O)(c2cccs2)c2cccs2)cc1F. The molecule has 2 heterocycles. The van der Waals surface area contributed by atoms with Crippen LogP contribution in [0.5, 0.6) is 5.75 Å². The molecular weight excluding hydrogens is 409 g/mol. The Bertz CT molecular complexity index is 952. The summed E-state index contributed by atoms with van der Waals surface area (Å²) in [4.78, 5) is 0.999. The monoisotopic (exact) mass is 427 g/mol. The van der Waals surface area contributed by atoms with Crippen LogP contribution in [0, 0.1) is 5.82 Å². The summed E-state index contributed by atoms with van der Waals surface area (Å²) in [5.74, 6) is -0.767. The van der Waals surface area contributed by atoms with Crippen molar-refractivity contribution in [3.05, 3.63) is 68.8 Å². The van der Waals surface area contributed by atoms with Crippen molar-refractivity contribution in [2.24, 2.45) is 0 Å². The highest BCUT2D eigenvalue weighted by Gasteiger charge is 2.35. The topological polar surface area (TPSA) is 75.6 Å². The first-order chi connectivity index (χ1) is 12.9. The van der Waals surface area contributed by atoms with E-state index in [1.165, 1.54) is 34.8 Å². The van der Waals surface area contributed by atoms with Gasteiger partial charge in [0.2, 0.25) is 10.0 Å². The van der Waals surface area contributed by atoms with Gasteiger partial charge in [-0.15, -0.1) is 22.7 Å². The predicted molar refractivity (Wildman–Crippen MR) is 104 cm³/mol. The molecule has 0 aliphatic rings. The van der Waals surface area contributed by atoms with Gasteiger partial charge < -0.3 is 9.84 Å². The zero-order valence-electron chi connectivity index (χ0n) is 14.4. The van der Waals surface area contributed by atoms with Gasteiger partial charge >= 0.3 is 0 Å². The lowest BCUT2D eigenvalue weighted by Crippen LogP contribution is -2.40. The van der Waals surface area contributed by atoms with Gasteiger partial charge in [0, 0.05) is 16.3 Å². The number of sulfonamides is 1. The van der Waals surface area contributed by atoms with Crippen molar-refractivity contribution >= 4 is 32.7 Å². The van der Waals surface area contributed by atoms with Crippen molar-refractivity contribution in [3.8, 4) is 5.75 Å². The fraction of sp³-hybridized carbons (Fsp3) is 0.222. The molecule has 2 aromatic heterocycles. The maximum atomic E-state index is 14.0. The first kappa shape index (κ1) is 20.0. The van der Waals surface area contributed by atoms with Gasteiger partial charge in [0.05, 0.1) is 11.5 Å². The van der Waals surface area contributed by atoms with Crippen LogP contribution in [-0.4, -0.2) is 26.7 Å². The second kappa shape index (κ2) is 8.07. The van der Waals surface area contributed by atoms with Crippen LogP contribution in [0.1, 0.15) is 16.7 Å². The number of nitrogens with one attached hydrogen (secondary N) is 1. The molecule has 0 bridgehead atoms. The van der Waals surface area contributed by atoms with Gasteiger partial charge in [0.25, 0.3) is 0 Å². The molecule has 0 spiro atoms. The Morgan fingerprint density at radius 3 is 2.26 bits per heavy atom. The lowest BCUT2D eigenvalue weighted by atomic mass is 10.0. The van der Waals surface area contributed by atoms with E-state index in [4.69, 9.17) is 4.74 Å². The van der Waals surface area contributed by atoms with E-state index in [1.54, 1.807) is 31.2 Å². The first-order valence-electron chi connectivity index (χ1n) is 8.09. The smallest absolute Gasteiger partial charge is 0.240 e. The second-order valence-corrected chi connectivity index (χ2v) is 9.33. The zero-order valence-corrected chi connectivity index (χ0v) is 16.8. The molecule has 0 saturated heterocycles. The van der Waals surface area contributed by atoms with Crippen molar-refractivity contribution in [2.45, 2.75) is 17.4 Å². The van der Waals surface area contributed by atoms with Crippen molar-refractivity contribution in [3.63, 3.8) is 0 Å². The molecule has 27 heavy (non-hydrogen) atoms. The summed E-state index contributed by atoms with van der Waals surface area (Å²) in [5, 5.41) is 14.8. The molecule has 0 saturated carbocycles. The quantitative estimate of drug-likeness (QED) is 0.576. The Hall–Kier alpha value is -1.78. The van der Waals surface area contributed by atoms with E-state index in [1.807, 2.05) is 10.8 Å². The molecule has 5 nitrogen and oxygen atoms in total. The van der Waals surface area contributed by atoms with Gasteiger partial charge in [-0.1, -0.05) is 12.1 Å². The van der Waals surface area contributed by atoms with Crippen molar-refractivity contribution in [1.82, 2.24) is 4.72 Å². The third-order valence-corrected chi connectivity index (χ3v) is 7.33. The fourth-order valence-corrected chi connectivity index (χ4v) is 5.34. The van der Waals surface area contributed by atoms with Crippen LogP contribution in [0.25, 0.3) is 0 Å². The number of hydrogen-bond acceptors (Lipinski definition) is 6. The van der Waals surface area contributed by atoms with Gasteiger partial charge in [-0.2, -0.15) is 0 Å². The minimum atomic E-state index is -4.03. The number of benzene rings is 1. The third kappa shape index (κ3) is 4.22. The highest BCUT2D eigenvalue weighted by Crippen LogP contribution is 2.35. The Morgan fingerprint density at radius 2 is 1.78 bits per heavy atom. The highest BCUT2D eigenvalue weighted by atomic mass is 32.2. The van der Waals surface area contributed by atoms with Crippen molar-refractivity contribution in [1.29, 1.82) is 0 Å². The van der Waals surface area contributed by atoms with Crippen LogP contribution in [0.4, 0.5) is 4.39 Å². The lowest BCUT2D eigenvalue weighted by molar-refractivity contribution is 0.0937. The number of hydrogen-bond donors (Lipinski definition) is 2. The summed E-state index contributed by atoms with van der Waals surface area (Å²) in [7, 11) is -4.03. The van der Waals surface area contributed by atoms with Crippen LogP contribution in [-0.2, 0) is 15.6 Å². The van der Waals surface area contributed by atoms with Gasteiger partial charge in [-0.3, -0.25) is 0 Å². The lowest BCUT2D eigenvalue weighted by Gasteiger charge is -2.26. The second-order valence-electron chi connectivity index (χ2n) is 5.66. The fourth-order valence-electron chi connectivity index (χ4n) is 2.53. The largest absolute Gasteiger partial charge is 0.491 e. The van der Waals surface area contributed by atoms with Crippen LogP contribution in [0.15, 0.2) is 58.1 Å². The van der Waals surface area contributed by atoms with E-state index >= 15 is 0 Å². The van der Waals surface area contributed by atoms with Crippen LogP contribution in [0.3, 0.4) is 0 Å². The van der Waals surface area contributed by atoms with E-state index in [-0.39, 0.29) is 23.8 Å². The van der Waals surface area contributed by atoms with Crippen molar-refractivity contribution in [2.75, 3.05) is 13.2 Å². The Morgan fingerprint density at radius 1 is 1.15 bits per heavy atom. The normalized spacial score (nSPS) is 12.3. The molecule has 0 radical (unpaired) electrons. The van der Waals surface area contributed by atoms with E-state index in [9.17, 15) is 17.9 Å². The van der Waals surface area contributed by atoms with Crippen molar-refractivity contribution < 1.29 is 22.7 Å². The molecule has 0 atom stereocenters. The third-order valence-electron chi connectivity index (χ3n) is 3.89. The number of halogens is 1. The van der Waals surface area contributed by atoms with E-state index < -0.39 is 21.4 Å². The molecule has 144 valence electrons. The number of rotatable bonds is 8. The molecule has 9 heteroatoms. The summed E-state index contributed by atoms with van der Waals surface area (Å²) >= 11 is 2.66. The summed E-state index contributed by atoms with van der Waals surface area (Å²) in [6.45, 7) is 1.71. The summed E-state index contributed by atoms with van der Waals surface area (Å²) in [6.07, 6.45) is 0. The van der Waals surface area contributed by atoms with Gasteiger partial charge in [0.15, 0.2) is 11.6 Å². The maximum Gasteiger partial charge on any atom is 0.240 e. The Labute approximate surface area is 165 Å². The average molecular weight is 428 g/mol. The summed E-state index contributed by atoms with van der Waals surface area (Å²) in [5.41, 5.74) is -1.50. The van der Waals surface area contributed by atoms with E-state index in [0.29, 0.717) is 9.75 Å². The summed E-state index contributed by atoms with van der Waals surface area (Å²) < 4.78 is 46.7.